The van der Waals surface area contributed by atoms with E-state index in [4.69, 9.17) is 16.4 Å². The van der Waals surface area contributed by atoms with Gasteiger partial charge in [0, 0.05) is 0 Å². The minimum absolute atomic E-state index is 0.0439. The Kier molecular flexibility index (Phi) is 6.78. The van der Waals surface area contributed by atoms with Crippen LogP contribution in [-0.4, -0.2) is 39.2 Å². The van der Waals surface area contributed by atoms with Crippen LogP contribution in [0, 0.1) is 23.7 Å². The number of esters is 1. The second-order valence-corrected chi connectivity index (χ2v) is 6.51. The number of amides is 1. The first-order valence-corrected chi connectivity index (χ1v) is 8.23. The number of nitrogens with one attached hydrogen (secondary N) is 1. The summed E-state index contributed by atoms with van der Waals surface area (Å²) >= 11 is 0. The van der Waals surface area contributed by atoms with Crippen LogP contribution >= 0.6 is 0 Å². The molecule has 0 aromatic heterocycles. The van der Waals surface area contributed by atoms with Gasteiger partial charge in [0.15, 0.2) is 16.4 Å². The number of hydrogen-bond donors (Lipinski definition) is 1. The summed E-state index contributed by atoms with van der Waals surface area (Å²) in [5.74, 6) is 0.123. The summed E-state index contributed by atoms with van der Waals surface area (Å²) in [4.78, 5) is 23.0. The normalized spacial score (nSPS) is 10.2. The Morgan fingerprint density at radius 3 is 2.48 bits per heavy atom. The Balaban J connectivity index is 2.60. The first-order chi connectivity index (χ1) is 10.9. The van der Waals surface area contributed by atoms with Crippen LogP contribution in [0.5, 0.6) is 0 Å². The van der Waals surface area contributed by atoms with Crippen LogP contribution < -0.4 is 5.32 Å². The maximum Gasteiger partial charge on any atom is 0.338 e. The second kappa shape index (κ2) is 8.57. The maximum atomic E-state index is 11.7. The highest BCUT2D eigenvalue weighted by Crippen LogP contribution is 2.10. The molecule has 1 N–H and O–H groups in total. The molecular weight excluding hydrogens is 320 g/mol. The van der Waals surface area contributed by atoms with E-state index >= 15 is 0 Å². The van der Waals surface area contributed by atoms with Crippen molar-refractivity contribution in [2.24, 2.45) is 0 Å². The van der Waals surface area contributed by atoms with Crippen molar-refractivity contribution in [2.45, 2.75) is 5.75 Å². The van der Waals surface area contributed by atoms with Crippen molar-refractivity contribution in [2.75, 3.05) is 18.9 Å². The third-order valence-electron chi connectivity index (χ3n) is 2.58. The Hall–Kier alpha value is -2.84. The van der Waals surface area contributed by atoms with E-state index in [1.165, 1.54) is 24.3 Å². The van der Waals surface area contributed by atoms with Crippen LogP contribution in [0.4, 0.5) is 0 Å². The van der Waals surface area contributed by atoms with Gasteiger partial charge in [-0.3, -0.25) is 4.79 Å². The van der Waals surface area contributed by atoms with Gasteiger partial charge < -0.3 is 10.1 Å². The number of benzene rings is 1. The first kappa shape index (κ1) is 18.2. The van der Waals surface area contributed by atoms with Crippen molar-refractivity contribution >= 4 is 21.7 Å². The molecule has 0 aliphatic heterocycles. The van der Waals surface area contributed by atoms with Crippen LogP contribution in [0.3, 0.4) is 0 Å². The van der Waals surface area contributed by atoms with Crippen molar-refractivity contribution in [3.8, 4) is 18.4 Å². The minimum Gasteiger partial charge on any atom is -0.452 e. The maximum absolute atomic E-state index is 11.7. The molecule has 0 atom stereocenters. The molecule has 1 rings (SSSR count). The second-order valence-electron chi connectivity index (χ2n) is 4.44. The molecule has 0 saturated heterocycles. The summed E-state index contributed by atoms with van der Waals surface area (Å²) < 4.78 is 27.8. The van der Waals surface area contributed by atoms with E-state index in [0.29, 0.717) is 5.56 Å². The molecule has 0 heterocycles. The molecule has 0 unspecified atom stereocenters. The summed E-state index contributed by atoms with van der Waals surface area (Å²) in [7, 11) is -3.49. The fourth-order valence-corrected chi connectivity index (χ4v) is 2.55. The zero-order valence-electron chi connectivity index (χ0n) is 12.1. The lowest BCUT2D eigenvalue weighted by atomic mass is 10.1. The molecule has 0 bridgehead atoms. The number of nitrogens with zero attached hydrogens (tertiary/aromatic N) is 1. The largest absolute Gasteiger partial charge is 0.452 e. The molecule has 0 fully saturated rings. The molecular formula is C15H14N2O5S. The van der Waals surface area contributed by atoms with Gasteiger partial charge in [-0.15, -0.1) is 6.42 Å². The lowest BCUT2D eigenvalue weighted by Crippen LogP contribution is -2.28. The lowest BCUT2D eigenvalue weighted by Gasteiger charge is -2.06. The zero-order valence-corrected chi connectivity index (χ0v) is 12.9. The number of rotatable bonds is 7. The van der Waals surface area contributed by atoms with Gasteiger partial charge in [-0.05, 0) is 17.7 Å². The van der Waals surface area contributed by atoms with Crippen molar-refractivity contribution in [1.82, 2.24) is 5.32 Å². The molecule has 0 radical (unpaired) electrons. The van der Waals surface area contributed by atoms with E-state index in [2.05, 4.69) is 11.2 Å². The molecule has 0 aliphatic carbocycles. The number of terminal acetylenes is 1. The van der Waals surface area contributed by atoms with Gasteiger partial charge in [0.25, 0.3) is 5.91 Å². The average molecular weight is 334 g/mol. The monoisotopic (exact) mass is 334 g/mol. The third-order valence-corrected chi connectivity index (χ3v) is 3.92. The summed E-state index contributed by atoms with van der Waals surface area (Å²) in [6, 6.07) is 7.26. The number of sulfone groups is 1. The summed E-state index contributed by atoms with van der Waals surface area (Å²) in [5, 5.41) is 10.8. The van der Waals surface area contributed by atoms with Crippen molar-refractivity contribution in [3.05, 3.63) is 35.4 Å². The summed E-state index contributed by atoms with van der Waals surface area (Å²) in [6.45, 7) is -0.416. The molecule has 7 nitrogen and oxygen atoms in total. The lowest BCUT2D eigenvalue weighted by molar-refractivity contribution is -0.123. The van der Waals surface area contributed by atoms with E-state index in [0.717, 1.165) is 0 Å². The van der Waals surface area contributed by atoms with Crippen LogP contribution in [0.1, 0.15) is 15.9 Å². The Morgan fingerprint density at radius 2 is 1.91 bits per heavy atom. The SMILES string of the molecule is C#CCNC(=O)COC(=O)c1ccc(CS(=O)(=O)CC#N)cc1. The van der Waals surface area contributed by atoms with Gasteiger partial charge in [0.2, 0.25) is 0 Å². The smallest absolute Gasteiger partial charge is 0.338 e. The van der Waals surface area contributed by atoms with E-state index in [9.17, 15) is 18.0 Å². The molecule has 0 spiro atoms. The summed E-state index contributed by atoms with van der Waals surface area (Å²) in [6.07, 6.45) is 4.97. The quantitative estimate of drug-likeness (QED) is 0.556. The zero-order chi connectivity index (χ0) is 17.3. The Bertz CT molecular complexity index is 755. The molecule has 23 heavy (non-hydrogen) atoms. The molecule has 1 aromatic carbocycles. The number of ether oxygens (including phenoxy) is 1. The van der Waals surface area contributed by atoms with Gasteiger partial charge in [0.1, 0.15) is 5.75 Å². The highest BCUT2D eigenvalue weighted by atomic mass is 32.2. The van der Waals surface area contributed by atoms with Gasteiger partial charge in [-0.25, -0.2) is 13.2 Å². The topological polar surface area (TPSA) is 113 Å². The van der Waals surface area contributed by atoms with Crippen LogP contribution in [0.25, 0.3) is 0 Å². The van der Waals surface area contributed by atoms with Gasteiger partial charge in [0.05, 0.1) is 23.9 Å². The van der Waals surface area contributed by atoms with Crippen LogP contribution in [0.2, 0.25) is 0 Å². The number of carbonyl (C=O) groups is 2. The average Bonchev–Trinajstić information content (AvgIpc) is 2.50. The van der Waals surface area contributed by atoms with E-state index in [-0.39, 0.29) is 17.9 Å². The van der Waals surface area contributed by atoms with Gasteiger partial charge in [-0.1, -0.05) is 18.1 Å². The van der Waals surface area contributed by atoms with E-state index in [1.54, 1.807) is 6.07 Å². The highest BCUT2D eigenvalue weighted by molar-refractivity contribution is 7.90. The number of hydrogen-bond acceptors (Lipinski definition) is 6. The van der Waals surface area contributed by atoms with Crippen LogP contribution in [-0.2, 0) is 25.1 Å². The van der Waals surface area contributed by atoms with Crippen LogP contribution in [0.15, 0.2) is 24.3 Å². The predicted octanol–water partition coefficient (Wildman–Crippen LogP) is 0.0312. The van der Waals surface area contributed by atoms with Crippen molar-refractivity contribution in [3.63, 3.8) is 0 Å². The fraction of sp³-hybridized carbons (Fsp3) is 0.267. The molecule has 0 saturated carbocycles. The van der Waals surface area contributed by atoms with Gasteiger partial charge in [-0.2, -0.15) is 5.26 Å². The first-order valence-electron chi connectivity index (χ1n) is 6.41. The molecule has 1 aromatic rings. The summed E-state index contributed by atoms with van der Waals surface area (Å²) in [5.41, 5.74) is 0.625. The van der Waals surface area contributed by atoms with Gasteiger partial charge >= 0.3 is 5.97 Å². The third kappa shape index (κ3) is 6.64. The number of carbonyl (C=O) groups excluding carboxylic acids is 2. The van der Waals surface area contributed by atoms with E-state index < -0.39 is 34.1 Å². The molecule has 1 amide bonds. The standard InChI is InChI=1S/C15H14N2O5S/c1-2-8-17-14(18)10-22-15(19)13-5-3-12(4-6-13)11-23(20,21)9-7-16/h1,3-6H,8-11H2,(H,17,18). The van der Waals surface area contributed by atoms with Crippen molar-refractivity contribution < 1.29 is 22.7 Å². The molecule has 120 valence electrons. The molecule has 0 aliphatic rings. The Morgan fingerprint density at radius 1 is 1.26 bits per heavy atom. The minimum atomic E-state index is -3.49. The molecule has 8 heteroatoms. The fourth-order valence-electron chi connectivity index (χ4n) is 1.56. The number of nitriles is 1. The van der Waals surface area contributed by atoms with Crippen molar-refractivity contribution in [1.29, 1.82) is 5.26 Å². The Labute approximate surface area is 134 Å². The predicted molar refractivity (Wildman–Crippen MR) is 81.7 cm³/mol. The van der Waals surface area contributed by atoms with E-state index in [1.807, 2.05) is 0 Å². The highest BCUT2D eigenvalue weighted by Gasteiger charge is 2.13.